The molecule has 3 aromatic rings. The monoisotopic (exact) mass is 451 g/mol. The highest BCUT2D eigenvalue weighted by Crippen LogP contribution is 2.34. The van der Waals surface area contributed by atoms with Crippen LogP contribution in [0.15, 0.2) is 59.6 Å². The minimum atomic E-state index is -4.54. The highest BCUT2D eigenvalue weighted by molar-refractivity contribution is 14.1. The molecule has 0 radical (unpaired) electrons. The van der Waals surface area contributed by atoms with E-state index in [2.05, 4.69) is 0 Å². The summed E-state index contributed by atoms with van der Waals surface area (Å²) in [6, 6.07) is 10.7. The normalized spacial score (nSPS) is 12.7. The summed E-state index contributed by atoms with van der Waals surface area (Å²) in [6.07, 6.45) is -3.21. The zero-order chi connectivity index (χ0) is 16.8. The summed E-state index contributed by atoms with van der Waals surface area (Å²) in [6.45, 7) is 0. The van der Waals surface area contributed by atoms with Gasteiger partial charge in [0, 0.05) is 15.2 Å². The molecule has 0 aliphatic carbocycles. The van der Waals surface area contributed by atoms with Gasteiger partial charge in [-0.3, -0.25) is 0 Å². The van der Waals surface area contributed by atoms with Gasteiger partial charge in [-0.1, -0.05) is 24.3 Å². The molecule has 0 fully saturated rings. The van der Waals surface area contributed by atoms with Crippen LogP contribution < -0.4 is 0 Å². The summed E-state index contributed by atoms with van der Waals surface area (Å²) >= 11 is 1.90. The van der Waals surface area contributed by atoms with Crippen molar-refractivity contribution >= 4 is 43.5 Å². The lowest BCUT2D eigenvalue weighted by Crippen LogP contribution is -2.12. The molecule has 0 bridgehead atoms. The first-order chi connectivity index (χ1) is 10.7. The maximum absolute atomic E-state index is 12.9. The van der Waals surface area contributed by atoms with Crippen molar-refractivity contribution < 1.29 is 21.6 Å². The quantitative estimate of drug-likeness (QED) is 0.539. The molecule has 0 unspecified atom stereocenters. The molecule has 0 saturated carbocycles. The van der Waals surface area contributed by atoms with E-state index in [-0.39, 0.29) is 10.4 Å². The van der Waals surface area contributed by atoms with Crippen molar-refractivity contribution in [1.82, 2.24) is 3.97 Å². The van der Waals surface area contributed by atoms with Crippen LogP contribution in [0, 0.1) is 3.57 Å². The van der Waals surface area contributed by atoms with E-state index in [4.69, 9.17) is 0 Å². The topological polar surface area (TPSA) is 39.1 Å². The van der Waals surface area contributed by atoms with E-state index >= 15 is 0 Å². The van der Waals surface area contributed by atoms with Crippen LogP contribution in [0.25, 0.3) is 10.9 Å². The molecule has 0 aliphatic rings. The molecular weight excluding hydrogens is 442 g/mol. The number of rotatable bonds is 2. The van der Waals surface area contributed by atoms with Gasteiger partial charge in [0.05, 0.1) is 16.0 Å². The van der Waals surface area contributed by atoms with E-state index in [0.717, 1.165) is 16.1 Å². The Balaban J connectivity index is 2.30. The first-order valence-electron chi connectivity index (χ1n) is 6.40. The third kappa shape index (κ3) is 2.85. The predicted molar refractivity (Wildman–Crippen MR) is 88.7 cm³/mol. The van der Waals surface area contributed by atoms with Crippen LogP contribution in [0.3, 0.4) is 0 Å². The van der Waals surface area contributed by atoms with Gasteiger partial charge in [0.1, 0.15) is 0 Å². The number of fused-ring (bicyclic) bond motifs is 1. The van der Waals surface area contributed by atoms with Gasteiger partial charge < -0.3 is 0 Å². The van der Waals surface area contributed by atoms with Crippen molar-refractivity contribution in [3.63, 3.8) is 0 Å². The van der Waals surface area contributed by atoms with Crippen molar-refractivity contribution in [2.45, 2.75) is 11.1 Å². The number of alkyl halides is 3. The van der Waals surface area contributed by atoms with E-state index in [1.54, 1.807) is 18.2 Å². The highest BCUT2D eigenvalue weighted by atomic mass is 127. The largest absolute Gasteiger partial charge is 0.416 e. The van der Waals surface area contributed by atoms with E-state index in [0.29, 0.717) is 8.96 Å². The average molecular weight is 451 g/mol. The first kappa shape index (κ1) is 16.3. The number of aromatic nitrogens is 1. The molecule has 0 amide bonds. The van der Waals surface area contributed by atoms with E-state index in [1.165, 1.54) is 24.4 Å². The van der Waals surface area contributed by atoms with Crippen molar-refractivity contribution in [1.29, 1.82) is 0 Å². The van der Waals surface area contributed by atoms with Gasteiger partial charge >= 0.3 is 6.18 Å². The lowest BCUT2D eigenvalue weighted by molar-refractivity contribution is -0.137. The summed E-state index contributed by atoms with van der Waals surface area (Å²) in [4.78, 5) is 0.0192. The second-order valence-corrected chi connectivity index (χ2v) is 7.80. The van der Waals surface area contributed by atoms with Gasteiger partial charge in [-0.05, 0) is 46.9 Å². The number of hydrogen-bond acceptors (Lipinski definition) is 2. The fourth-order valence-electron chi connectivity index (χ4n) is 2.24. The predicted octanol–water partition coefficient (Wildman–Crippen LogP) is 4.50. The average Bonchev–Trinajstić information content (AvgIpc) is 2.85. The smallest absolute Gasteiger partial charge is 0.240 e. The SMILES string of the molecule is O=S(=O)(c1ccccc1)n1cc(I)c2ccc(C(F)(F)F)cc21. The molecule has 3 nitrogen and oxygen atoms in total. The van der Waals surface area contributed by atoms with Gasteiger partial charge in [-0.15, -0.1) is 0 Å². The van der Waals surface area contributed by atoms with Gasteiger partial charge in [0.15, 0.2) is 0 Å². The Morgan fingerprint density at radius 1 is 1.00 bits per heavy atom. The van der Waals surface area contributed by atoms with Crippen LogP contribution in [0.5, 0.6) is 0 Å². The molecule has 1 heterocycles. The summed E-state index contributed by atoms with van der Waals surface area (Å²) in [7, 11) is -3.96. The van der Waals surface area contributed by atoms with Crippen LogP contribution in [0.4, 0.5) is 13.2 Å². The molecule has 0 saturated heterocycles. The third-order valence-electron chi connectivity index (χ3n) is 3.35. The fraction of sp³-hybridized carbons (Fsp3) is 0.0667. The molecule has 0 spiro atoms. The highest BCUT2D eigenvalue weighted by Gasteiger charge is 2.31. The lowest BCUT2D eigenvalue weighted by atomic mass is 10.1. The summed E-state index contributed by atoms with van der Waals surface area (Å²) < 4.78 is 65.6. The zero-order valence-electron chi connectivity index (χ0n) is 11.4. The maximum atomic E-state index is 12.9. The minimum absolute atomic E-state index is 0.00748. The molecule has 0 atom stereocenters. The Morgan fingerprint density at radius 2 is 1.65 bits per heavy atom. The molecule has 23 heavy (non-hydrogen) atoms. The zero-order valence-corrected chi connectivity index (χ0v) is 14.4. The Morgan fingerprint density at radius 3 is 2.26 bits per heavy atom. The van der Waals surface area contributed by atoms with E-state index < -0.39 is 21.8 Å². The fourth-order valence-corrected chi connectivity index (χ4v) is 4.55. The standard InChI is InChI=1S/C15H9F3INO2S/c16-15(17,18)10-6-7-12-13(19)9-20(14(12)8-10)23(21,22)11-4-2-1-3-5-11/h1-9H. The summed E-state index contributed by atoms with van der Waals surface area (Å²) in [5.74, 6) is 0. The molecule has 0 aliphatic heterocycles. The molecule has 0 N–H and O–H groups in total. The second kappa shape index (κ2) is 5.52. The number of halogens is 4. The van der Waals surface area contributed by atoms with E-state index in [9.17, 15) is 21.6 Å². The Labute approximate surface area is 143 Å². The summed E-state index contributed by atoms with van der Waals surface area (Å²) in [5.41, 5.74) is -0.878. The van der Waals surface area contributed by atoms with Crippen molar-refractivity contribution in [2.24, 2.45) is 0 Å². The van der Waals surface area contributed by atoms with Crippen LogP contribution in [0.2, 0.25) is 0 Å². The molecular formula is C15H9F3INO2S. The third-order valence-corrected chi connectivity index (χ3v) is 5.90. The first-order valence-corrected chi connectivity index (χ1v) is 8.91. The molecule has 2 aromatic carbocycles. The van der Waals surface area contributed by atoms with Crippen LogP contribution in [-0.4, -0.2) is 12.4 Å². The maximum Gasteiger partial charge on any atom is 0.416 e. The molecule has 1 aromatic heterocycles. The second-order valence-electron chi connectivity index (χ2n) is 4.82. The van der Waals surface area contributed by atoms with Crippen LogP contribution in [0.1, 0.15) is 5.56 Å². The number of nitrogens with zero attached hydrogens (tertiary/aromatic N) is 1. The number of benzene rings is 2. The molecule has 3 rings (SSSR count). The van der Waals surface area contributed by atoms with Gasteiger partial charge in [-0.25, -0.2) is 12.4 Å². The van der Waals surface area contributed by atoms with Gasteiger partial charge in [-0.2, -0.15) is 13.2 Å². The lowest BCUT2D eigenvalue weighted by Gasteiger charge is -2.10. The van der Waals surface area contributed by atoms with Crippen LogP contribution >= 0.6 is 22.6 Å². The van der Waals surface area contributed by atoms with Crippen molar-refractivity contribution in [3.8, 4) is 0 Å². The van der Waals surface area contributed by atoms with Crippen molar-refractivity contribution in [3.05, 3.63) is 63.9 Å². The summed E-state index contributed by atoms with van der Waals surface area (Å²) in [5, 5.41) is 0.457. The van der Waals surface area contributed by atoms with E-state index in [1.807, 2.05) is 22.6 Å². The van der Waals surface area contributed by atoms with Crippen molar-refractivity contribution in [2.75, 3.05) is 0 Å². The van der Waals surface area contributed by atoms with Crippen LogP contribution in [-0.2, 0) is 16.2 Å². The van der Waals surface area contributed by atoms with Gasteiger partial charge in [0.25, 0.3) is 10.0 Å². The minimum Gasteiger partial charge on any atom is -0.240 e. The Kier molecular flexibility index (Phi) is 3.91. The molecule has 8 heteroatoms. The Hall–Kier alpha value is -1.55. The Bertz CT molecular complexity index is 979. The van der Waals surface area contributed by atoms with Gasteiger partial charge in [0.2, 0.25) is 0 Å². The molecule has 120 valence electrons. The number of hydrogen-bond donors (Lipinski definition) is 0.